The van der Waals surface area contributed by atoms with Crippen molar-refractivity contribution in [1.29, 1.82) is 0 Å². The lowest BCUT2D eigenvalue weighted by molar-refractivity contribution is -0.137. The summed E-state index contributed by atoms with van der Waals surface area (Å²) >= 11 is 1.45. The van der Waals surface area contributed by atoms with E-state index in [1.54, 1.807) is 54.8 Å². The summed E-state index contributed by atoms with van der Waals surface area (Å²) in [4.78, 5) is 30.6. The third-order valence-electron chi connectivity index (χ3n) is 6.17. The van der Waals surface area contributed by atoms with E-state index in [1.165, 1.54) is 17.4 Å². The highest BCUT2D eigenvalue weighted by atomic mass is 32.1. The molecule has 0 unspecified atom stereocenters. The molecule has 0 atom stereocenters. The fraction of sp³-hybridized carbons (Fsp3) is 0.138. The molecular formula is C29H21F3N2O3S. The first-order valence-electron chi connectivity index (χ1n) is 11.7. The van der Waals surface area contributed by atoms with Gasteiger partial charge in [0.2, 0.25) is 5.78 Å². The number of benzene rings is 3. The predicted octanol–water partition coefficient (Wildman–Crippen LogP) is 7.43. The summed E-state index contributed by atoms with van der Waals surface area (Å²) in [6.07, 6.45) is -4.49. The van der Waals surface area contributed by atoms with Gasteiger partial charge >= 0.3 is 12.1 Å². The third kappa shape index (κ3) is 4.84. The Balaban J connectivity index is 1.36. The van der Waals surface area contributed by atoms with Crippen molar-refractivity contribution in [2.24, 2.45) is 0 Å². The number of hydrogen-bond donors (Lipinski definition) is 0. The first kappa shape index (κ1) is 25.4. The van der Waals surface area contributed by atoms with Crippen LogP contribution < -0.4 is 0 Å². The van der Waals surface area contributed by atoms with Crippen LogP contribution in [0, 0.1) is 13.8 Å². The number of esters is 1. The number of hydrogen-bond acceptors (Lipinski definition) is 5. The van der Waals surface area contributed by atoms with Gasteiger partial charge in [0.1, 0.15) is 5.01 Å². The molecule has 0 amide bonds. The van der Waals surface area contributed by atoms with Crippen molar-refractivity contribution in [3.8, 4) is 16.3 Å². The van der Waals surface area contributed by atoms with Crippen LogP contribution >= 0.6 is 11.3 Å². The average molecular weight is 535 g/mol. The normalized spacial score (nSPS) is 11.6. The molecule has 0 aliphatic heterocycles. The van der Waals surface area contributed by atoms with Gasteiger partial charge in [0.25, 0.3) is 0 Å². The van der Waals surface area contributed by atoms with Gasteiger partial charge in [-0.15, -0.1) is 11.3 Å². The van der Waals surface area contributed by atoms with Crippen LogP contribution in [0.15, 0.2) is 78.9 Å². The molecule has 0 aliphatic carbocycles. The summed E-state index contributed by atoms with van der Waals surface area (Å²) in [6.45, 7) is 2.83. The Morgan fingerprint density at radius 1 is 0.921 bits per heavy atom. The van der Waals surface area contributed by atoms with Gasteiger partial charge in [0, 0.05) is 28.2 Å². The monoisotopic (exact) mass is 534 g/mol. The summed E-state index contributed by atoms with van der Waals surface area (Å²) in [5.41, 5.74) is 2.53. The molecule has 0 N–H and O–H groups in total. The smallest absolute Gasteiger partial charge is 0.416 e. The minimum atomic E-state index is -4.49. The van der Waals surface area contributed by atoms with Crippen LogP contribution in [0.4, 0.5) is 13.2 Å². The van der Waals surface area contributed by atoms with Gasteiger partial charge < -0.3 is 9.30 Å². The maximum atomic E-state index is 13.2. The Hall–Kier alpha value is -4.24. The van der Waals surface area contributed by atoms with Gasteiger partial charge in [-0.1, -0.05) is 36.4 Å². The Kier molecular flexibility index (Phi) is 6.62. The molecule has 3 aromatic carbocycles. The minimum Gasteiger partial charge on any atom is -0.454 e. The van der Waals surface area contributed by atoms with Crippen LogP contribution in [0.2, 0.25) is 0 Å². The van der Waals surface area contributed by atoms with Crippen LogP contribution in [-0.2, 0) is 10.9 Å². The number of Topliss-reactive ketones (excluding diaryl/α,β-unsaturated/α-hetero) is 1. The number of ether oxygens (including phenoxy) is 1. The number of ketones is 1. The maximum absolute atomic E-state index is 13.2. The molecule has 0 aliphatic rings. The van der Waals surface area contributed by atoms with E-state index in [0.717, 1.165) is 22.3 Å². The quantitative estimate of drug-likeness (QED) is 0.168. The minimum absolute atomic E-state index is 0.271. The van der Waals surface area contributed by atoms with Gasteiger partial charge in [-0.2, -0.15) is 13.2 Å². The molecule has 2 aromatic heterocycles. The highest BCUT2D eigenvalue weighted by molar-refractivity contribution is 7.21. The number of carbonyl (C=O) groups excluding carboxylic acids is 2. The number of carbonyl (C=O) groups is 2. The van der Waals surface area contributed by atoms with Crippen LogP contribution in [-0.4, -0.2) is 27.9 Å². The van der Waals surface area contributed by atoms with Crippen molar-refractivity contribution in [2.75, 3.05) is 6.61 Å². The van der Waals surface area contributed by atoms with Crippen molar-refractivity contribution in [1.82, 2.24) is 9.55 Å². The number of nitrogens with zero attached hydrogens (tertiary/aromatic N) is 2. The number of thiazole rings is 1. The Morgan fingerprint density at radius 3 is 2.42 bits per heavy atom. The summed E-state index contributed by atoms with van der Waals surface area (Å²) in [7, 11) is 0. The summed E-state index contributed by atoms with van der Waals surface area (Å²) in [5.74, 6) is -1.12. The predicted molar refractivity (Wildman–Crippen MR) is 140 cm³/mol. The van der Waals surface area contributed by atoms with Crippen molar-refractivity contribution in [2.45, 2.75) is 20.0 Å². The molecule has 192 valence electrons. The number of halogens is 3. The lowest BCUT2D eigenvalue weighted by atomic mass is 10.1. The number of fused-ring (bicyclic) bond motifs is 1. The molecule has 0 radical (unpaired) electrons. The van der Waals surface area contributed by atoms with E-state index >= 15 is 0 Å². The highest BCUT2D eigenvalue weighted by Gasteiger charge is 2.31. The first-order chi connectivity index (χ1) is 18.1. The van der Waals surface area contributed by atoms with Crippen molar-refractivity contribution < 1.29 is 27.5 Å². The van der Waals surface area contributed by atoms with Crippen LogP contribution in [0.1, 0.15) is 37.7 Å². The second-order valence-electron chi connectivity index (χ2n) is 8.70. The fourth-order valence-electron chi connectivity index (χ4n) is 4.39. The van der Waals surface area contributed by atoms with E-state index in [2.05, 4.69) is 4.98 Å². The SMILES string of the molecule is Cc1cc(C(=O)COC(=O)c2ccccc2-c2nc3ccccc3s2)c(C)n1-c1cccc(C(F)(F)F)c1. The number of rotatable bonds is 6. The molecule has 0 saturated heterocycles. The van der Waals surface area contributed by atoms with E-state index < -0.39 is 30.1 Å². The van der Waals surface area contributed by atoms with E-state index in [-0.39, 0.29) is 16.8 Å². The molecule has 9 heteroatoms. The van der Waals surface area contributed by atoms with E-state index in [4.69, 9.17) is 4.74 Å². The molecule has 0 spiro atoms. The summed E-state index contributed by atoms with van der Waals surface area (Å²) < 4.78 is 47.6. The van der Waals surface area contributed by atoms with Crippen molar-refractivity contribution in [3.63, 3.8) is 0 Å². The fourth-order valence-corrected chi connectivity index (χ4v) is 5.39. The van der Waals surface area contributed by atoms with Gasteiger partial charge in [-0.3, -0.25) is 4.79 Å². The van der Waals surface area contributed by atoms with Crippen LogP contribution in [0.25, 0.3) is 26.5 Å². The Labute approximate surface area is 220 Å². The van der Waals surface area contributed by atoms with E-state index in [9.17, 15) is 22.8 Å². The van der Waals surface area contributed by atoms with Gasteiger partial charge in [0.15, 0.2) is 6.61 Å². The molecule has 0 bridgehead atoms. The summed E-state index contributed by atoms with van der Waals surface area (Å²) in [5, 5.41) is 0.662. The first-order valence-corrected chi connectivity index (χ1v) is 12.5. The van der Waals surface area contributed by atoms with Gasteiger partial charge in [-0.25, -0.2) is 9.78 Å². The molecule has 2 heterocycles. The summed E-state index contributed by atoms with van der Waals surface area (Å²) in [6, 6.07) is 21.0. The third-order valence-corrected chi connectivity index (χ3v) is 7.24. The van der Waals surface area contributed by atoms with Gasteiger partial charge in [0.05, 0.1) is 21.3 Å². The molecule has 0 fully saturated rings. The molecule has 5 nitrogen and oxygen atoms in total. The second-order valence-corrected chi connectivity index (χ2v) is 9.73. The number of aryl methyl sites for hydroxylation is 1. The second kappa shape index (κ2) is 9.90. The lowest BCUT2D eigenvalue weighted by Crippen LogP contribution is -2.15. The number of alkyl halides is 3. The zero-order valence-corrected chi connectivity index (χ0v) is 21.2. The highest BCUT2D eigenvalue weighted by Crippen LogP contribution is 2.33. The lowest BCUT2D eigenvalue weighted by Gasteiger charge is -2.13. The van der Waals surface area contributed by atoms with E-state index in [0.29, 0.717) is 22.0 Å². The van der Waals surface area contributed by atoms with Gasteiger partial charge in [-0.05, 0) is 56.3 Å². The Bertz CT molecular complexity index is 1650. The molecule has 0 saturated carbocycles. The average Bonchev–Trinajstić information content (AvgIpc) is 3.47. The molecule has 5 aromatic rings. The standard InChI is InChI=1S/C29H21F3N2O3S/c1-17-14-23(18(2)34(17)20-9-7-8-19(15-20)29(30,31)32)25(35)16-37-28(36)22-11-4-3-10-21(22)27-33-24-12-5-6-13-26(24)38-27/h3-15H,16H2,1-2H3. The number of aromatic nitrogens is 2. The van der Waals surface area contributed by atoms with Crippen molar-refractivity contribution >= 4 is 33.3 Å². The topological polar surface area (TPSA) is 61.2 Å². The molecule has 38 heavy (non-hydrogen) atoms. The largest absolute Gasteiger partial charge is 0.454 e. The molecule has 5 rings (SSSR count). The van der Waals surface area contributed by atoms with Crippen LogP contribution in [0.3, 0.4) is 0 Å². The zero-order valence-electron chi connectivity index (χ0n) is 20.4. The van der Waals surface area contributed by atoms with E-state index in [1.807, 2.05) is 24.3 Å². The number of para-hydroxylation sites is 1. The maximum Gasteiger partial charge on any atom is 0.416 e. The van der Waals surface area contributed by atoms with Crippen LogP contribution in [0.5, 0.6) is 0 Å². The molecular weight excluding hydrogens is 513 g/mol. The van der Waals surface area contributed by atoms with Crippen molar-refractivity contribution in [3.05, 3.63) is 107 Å². The zero-order chi connectivity index (χ0) is 27.0. The Morgan fingerprint density at radius 2 is 1.66 bits per heavy atom.